The van der Waals surface area contributed by atoms with Crippen LogP contribution < -0.4 is 5.46 Å². The van der Waals surface area contributed by atoms with Crippen LogP contribution >= 0.6 is 0 Å². The molecule has 0 aliphatic heterocycles. The van der Waals surface area contributed by atoms with E-state index in [0.717, 1.165) is 5.46 Å². The van der Waals surface area contributed by atoms with E-state index in [1.165, 1.54) is 66.1 Å². The molecule has 7 rings (SSSR count). The first-order chi connectivity index (χ1) is 17.5. The summed E-state index contributed by atoms with van der Waals surface area (Å²) in [6, 6.07) is 41.8. The highest BCUT2D eigenvalue weighted by molar-refractivity contribution is 6.32. The second-order valence-electron chi connectivity index (χ2n) is 10.4. The van der Waals surface area contributed by atoms with Crippen molar-refractivity contribution in [1.82, 2.24) is 0 Å². The molecule has 1 aliphatic carbocycles. The summed E-state index contributed by atoms with van der Waals surface area (Å²) in [6.45, 7) is 4.65. The van der Waals surface area contributed by atoms with Crippen molar-refractivity contribution in [2.24, 2.45) is 0 Å². The van der Waals surface area contributed by atoms with E-state index in [0.29, 0.717) is 0 Å². The molecule has 1 aliphatic rings. The van der Waals surface area contributed by atoms with Gasteiger partial charge in [0.05, 0.1) is 0 Å². The lowest BCUT2D eigenvalue weighted by molar-refractivity contribution is 0.662. The van der Waals surface area contributed by atoms with Gasteiger partial charge < -0.3 is 0 Å². The van der Waals surface area contributed by atoms with Crippen molar-refractivity contribution >= 4 is 34.9 Å². The van der Waals surface area contributed by atoms with Gasteiger partial charge in [0, 0.05) is 5.41 Å². The molecule has 0 nitrogen and oxygen atoms in total. The van der Waals surface area contributed by atoms with Crippen molar-refractivity contribution < 1.29 is 0 Å². The monoisotopic (exact) mass is 456 g/mol. The van der Waals surface area contributed by atoms with Gasteiger partial charge in [0.1, 0.15) is 7.85 Å². The number of rotatable bonds is 2. The maximum Gasteiger partial charge on any atom is 0.113 e. The molecular formula is C35H25B. The molecule has 0 saturated carbocycles. The van der Waals surface area contributed by atoms with Crippen LogP contribution in [0.5, 0.6) is 0 Å². The average molecular weight is 456 g/mol. The van der Waals surface area contributed by atoms with E-state index in [1.807, 2.05) is 6.07 Å². The lowest BCUT2D eigenvalue weighted by Crippen LogP contribution is -2.17. The van der Waals surface area contributed by atoms with Gasteiger partial charge in [0.25, 0.3) is 0 Å². The summed E-state index contributed by atoms with van der Waals surface area (Å²) in [4.78, 5) is 0. The van der Waals surface area contributed by atoms with Crippen molar-refractivity contribution in [3.8, 4) is 33.4 Å². The van der Waals surface area contributed by atoms with E-state index >= 15 is 0 Å². The summed E-state index contributed by atoms with van der Waals surface area (Å²) in [6.07, 6.45) is 0. The number of fused-ring (bicyclic) bond motifs is 5. The molecule has 2 radical (unpaired) electrons. The van der Waals surface area contributed by atoms with Crippen molar-refractivity contribution in [1.29, 1.82) is 0 Å². The van der Waals surface area contributed by atoms with Crippen molar-refractivity contribution in [3.63, 3.8) is 0 Å². The average Bonchev–Trinajstić information content (AvgIpc) is 3.12. The minimum absolute atomic E-state index is 0.124. The van der Waals surface area contributed by atoms with Crippen LogP contribution in [0.25, 0.3) is 54.9 Å². The Kier molecular flexibility index (Phi) is 4.54. The molecule has 0 fully saturated rings. The second-order valence-corrected chi connectivity index (χ2v) is 10.4. The van der Waals surface area contributed by atoms with Gasteiger partial charge in [0.2, 0.25) is 0 Å². The summed E-state index contributed by atoms with van der Waals surface area (Å²) in [5.41, 5.74) is 11.1. The third-order valence-corrected chi connectivity index (χ3v) is 7.97. The molecule has 0 unspecified atom stereocenters. The molecule has 0 aromatic heterocycles. The lowest BCUT2D eigenvalue weighted by atomic mass is 9.78. The number of hydrogen-bond acceptors (Lipinski definition) is 0. The molecule has 0 amide bonds. The summed E-state index contributed by atoms with van der Waals surface area (Å²) < 4.78 is 0. The summed E-state index contributed by atoms with van der Waals surface area (Å²) >= 11 is 0. The molecule has 6 aromatic rings. The topological polar surface area (TPSA) is 0 Å². The zero-order chi connectivity index (χ0) is 24.4. The molecular weight excluding hydrogens is 431 g/mol. The fourth-order valence-corrected chi connectivity index (χ4v) is 6.25. The quantitative estimate of drug-likeness (QED) is 0.181. The lowest BCUT2D eigenvalue weighted by Gasteiger charge is -2.24. The molecule has 0 spiro atoms. The third kappa shape index (κ3) is 2.96. The standard InChI is InChI=1S/C35H25B/c1-35(2)31-19-24(36)17-18-25(31)28-20-29-30(21-32(28)35)34(23-13-7-4-8-14-23)27-16-10-9-15-26(27)33(29)22-11-5-3-6-12-22/h3-21H,1-2H3. The highest BCUT2D eigenvalue weighted by atomic mass is 14.4. The first-order valence-corrected chi connectivity index (χ1v) is 12.6. The predicted molar refractivity (Wildman–Crippen MR) is 155 cm³/mol. The Balaban J connectivity index is 1.71. The number of benzene rings is 6. The van der Waals surface area contributed by atoms with Crippen LogP contribution in [0.15, 0.2) is 115 Å². The van der Waals surface area contributed by atoms with Crippen LogP contribution in [0.1, 0.15) is 25.0 Å². The largest absolute Gasteiger partial charge is 0.113 e. The van der Waals surface area contributed by atoms with E-state index in [1.54, 1.807) is 0 Å². The van der Waals surface area contributed by atoms with Gasteiger partial charge in [-0.3, -0.25) is 0 Å². The van der Waals surface area contributed by atoms with E-state index < -0.39 is 0 Å². The first kappa shape index (κ1) is 21.2. The van der Waals surface area contributed by atoms with Gasteiger partial charge in [0.15, 0.2) is 0 Å². The van der Waals surface area contributed by atoms with Crippen LogP contribution in [0, 0.1) is 0 Å². The van der Waals surface area contributed by atoms with Crippen LogP contribution in [0.3, 0.4) is 0 Å². The highest BCUT2D eigenvalue weighted by Gasteiger charge is 2.36. The fourth-order valence-electron chi connectivity index (χ4n) is 6.25. The summed E-state index contributed by atoms with van der Waals surface area (Å²) in [5.74, 6) is 0. The normalized spacial score (nSPS) is 13.6. The van der Waals surface area contributed by atoms with Crippen LogP contribution in [-0.2, 0) is 5.41 Å². The molecule has 168 valence electrons. The Morgan fingerprint density at radius 1 is 0.472 bits per heavy atom. The van der Waals surface area contributed by atoms with Crippen LogP contribution in [-0.4, -0.2) is 7.85 Å². The van der Waals surface area contributed by atoms with Crippen molar-refractivity contribution in [2.45, 2.75) is 19.3 Å². The highest BCUT2D eigenvalue weighted by Crippen LogP contribution is 2.52. The van der Waals surface area contributed by atoms with Crippen LogP contribution in [0.4, 0.5) is 0 Å². The molecule has 0 N–H and O–H groups in total. The van der Waals surface area contributed by atoms with Crippen molar-refractivity contribution in [2.75, 3.05) is 0 Å². The van der Waals surface area contributed by atoms with E-state index in [4.69, 9.17) is 7.85 Å². The Morgan fingerprint density at radius 2 is 0.972 bits per heavy atom. The minimum Gasteiger partial charge on any atom is -0.0963 e. The fraction of sp³-hybridized carbons (Fsp3) is 0.0857. The van der Waals surface area contributed by atoms with Crippen molar-refractivity contribution in [3.05, 3.63) is 126 Å². The zero-order valence-corrected chi connectivity index (χ0v) is 20.5. The SMILES string of the molecule is [B]c1ccc2c(c1)C(C)(C)c1cc3c(-c4ccccc4)c4ccccc4c(-c4ccccc4)c3cc1-2. The molecule has 0 saturated heterocycles. The second kappa shape index (κ2) is 7.70. The third-order valence-electron chi connectivity index (χ3n) is 7.97. The first-order valence-electron chi connectivity index (χ1n) is 12.6. The van der Waals surface area contributed by atoms with Gasteiger partial charge in [-0.25, -0.2) is 0 Å². The molecule has 6 aromatic carbocycles. The summed E-state index contributed by atoms with van der Waals surface area (Å²) in [5, 5.41) is 5.15. The maximum absolute atomic E-state index is 6.25. The minimum atomic E-state index is -0.124. The smallest absolute Gasteiger partial charge is 0.0963 e. The van der Waals surface area contributed by atoms with Gasteiger partial charge in [-0.05, 0) is 78.2 Å². The van der Waals surface area contributed by atoms with Crippen LogP contribution in [0.2, 0.25) is 0 Å². The Morgan fingerprint density at radius 3 is 1.56 bits per heavy atom. The van der Waals surface area contributed by atoms with E-state index in [9.17, 15) is 0 Å². The van der Waals surface area contributed by atoms with Gasteiger partial charge >= 0.3 is 0 Å². The van der Waals surface area contributed by atoms with Gasteiger partial charge in [-0.15, -0.1) is 0 Å². The molecule has 0 heterocycles. The molecule has 36 heavy (non-hydrogen) atoms. The van der Waals surface area contributed by atoms with E-state index in [-0.39, 0.29) is 5.41 Å². The maximum atomic E-state index is 6.25. The Hall–Kier alpha value is -4.10. The molecule has 0 bridgehead atoms. The Bertz CT molecular complexity index is 1790. The van der Waals surface area contributed by atoms with Gasteiger partial charge in [-0.2, -0.15) is 0 Å². The molecule has 1 heteroatoms. The Labute approximate surface area is 213 Å². The number of hydrogen-bond donors (Lipinski definition) is 0. The summed E-state index contributed by atoms with van der Waals surface area (Å²) in [7, 11) is 6.25. The zero-order valence-electron chi connectivity index (χ0n) is 20.5. The van der Waals surface area contributed by atoms with Gasteiger partial charge in [-0.1, -0.05) is 122 Å². The predicted octanol–water partition coefficient (Wildman–Crippen LogP) is 8.43. The van der Waals surface area contributed by atoms with E-state index in [2.05, 4.69) is 123 Å². The molecule has 0 atom stereocenters.